The summed E-state index contributed by atoms with van der Waals surface area (Å²) in [7, 11) is 0. The van der Waals surface area contributed by atoms with Gasteiger partial charge in [-0.05, 0) is 25.1 Å². The Morgan fingerprint density at radius 2 is 1.84 bits per heavy atom. The average Bonchev–Trinajstić information content (AvgIpc) is 2.43. The molecular weight excluding hydrogens is 259 g/mol. The number of nitrogens with two attached hydrogens (primary N) is 1. The van der Waals surface area contributed by atoms with Gasteiger partial charge in [-0.1, -0.05) is 35.9 Å². The van der Waals surface area contributed by atoms with Gasteiger partial charge in [0.1, 0.15) is 5.82 Å². The van der Waals surface area contributed by atoms with Gasteiger partial charge in [0.2, 0.25) is 0 Å². The normalized spacial score (nSPS) is 12.4. The van der Waals surface area contributed by atoms with Gasteiger partial charge in [-0.25, -0.2) is 4.39 Å². The molecular formula is C15H17FN2S. The number of aryl methyl sites for hydroxylation is 1. The molecule has 0 aliphatic rings. The summed E-state index contributed by atoms with van der Waals surface area (Å²) >= 11 is 1.66. The van der Waals surface area contributed by atoms with Crippen molar-refractivity contribution in [3.05, 3.63) is 65.5 Å². The number of nitrogens with one attached hydrogen (secondary N) is 1. The van der Waals surface area contributed by atoms with Crippen LogP contribution in [0.15, 0.2) is 53.4 Å². The summed E-state index contributed by atoms with van der Waals surface area (Å²) in [6, 6.07) is 14.8. The molecule has 2 nitrogen and oxygen atoms in total. The highest BCUT2D eigenvalue weighted by molar-refractivity contribution is 7.99. The van der Waals surface area contributed by atoms with Gasteiger partial charge in [0.15, 0.2) is 0 Å². The van der Waals surface area contributed by atoms with E-state index in [0.717, 1.165) is 4.90 Å². The van der Waals surface area contributed by atoms with Crippen LogP contribution in [0.3, 0.4) is 0 Å². The van der Waals surface area contributed by atoms with E-state index in [1.807, 2.05) is 6.07 Å². The maximum absolute atomic E-state index is 13.7. The molecule has 2 rings (SSSR count). The number of rotatable bonds is 5. The number of hydrazine groups is 1. The molecule has 0 saturated carbocycles. The number of hydrogen-bond acceptors (Lipinski definition) is 3. The standard InChI is InChI=1S/C15H17FN2S/c1-11-6-8-12(9-7-11)19-10-15(18-17)13-4-2-3-5-14(13)16/h2-9,15,18H,10,17H2,1H3. The minimum Gasteiger partial charge on any atom is -0.271 e. The Hall–Kier alpha value is -1.36. The Morgan fingerprint density at radius 1 is 1.16 bits per heavy atom. The molecule has 0 fully saturated rings. The summed E-state index contributed by atoms with van der Waals surface area (Å²) in [5.74, 6) is 5.99. The summed E-state index contributed by atoms with van der Waals surface area (Å²) < 4.78 is 13.7. The minimum atomic E-state index is -0.227. The fraction of sp³-hybridized carbons (Fsp3) is 0.200. The Balaban J connectivity index is 2.04. The van der Waals surface area contributed by atoms with Gasteiger partial charge in [0.05, 0.1) is 6.04 Å². The second kappa shape index (κ2) is 6.70. The van der Waals surface area contributed by atoms with Crippen molar-refractivity contribution in [1.82, 2.24) is 5.43 Å². The monoisotopic (exact) mass is 276 g/mol. The van der Waals surface area contributed by atoms with Gasteiger partial charge in [-0.2, -0.15) is 0 Å². The van der Waals surface area contributed by atoms with Gasteiger partial charge >= 0.3 is 0 Å². The molecule has 19 heavy (non-hydrogen) atoms. The van der Waals surface area contributed by atoms with E-state index >= 15 is 0 Å². The van der Waals surface area contributed by atoms with E-state index in [0.29, 0.717) is 11.3 Å². The third-order valence-corrected chi connectivity index (χ3v) is 4.02. The number of benzene rings is 2. The molecule has 0 radical (unpaired) electrons. The molecule has 0 saturated heterocycles. The van der Waals surface area contributed by atoms with E-state index < -0.39 is 0 Å². The maximum Gasteiger partial charge on any atom is 0.128 e. The topological polar surface area (TPSA) is 38.0 Å². The van der Waals surface area contributed by atoms with Crippen LogP contribution in [0.4, 0.5) is 4.39 Å². The van der Waals surface area contributed by atoms with Crippen molar-refractivity contribution in [3.63, 3.8) is 0 Å². The smallest absolute Gasteiger partial charge is 0.128 e. The fourth-order valence-electron chi connectivity index (χ4n) is 1.80. The first-order chi connectivity index (χ1) is 9.20. The van der Waals surface area contributed by atoms with Crippen LogP contribution in [0, 0.1) is 12.7 Å². The lowest BCUT2D eigenvalue weighted by Crippen LogP contribution is -2.30. The zero-order valence-corrected chi connectivity index (χ0v) is 11.6. The highest BCUT2D eigenvalue weighted by atomic mass is 32.2. The molecule has 0 aliphatic heterocycles. The van der Waals surface area contributed by atoms with E-state index in [1.165, 1.54) is 11.6 Å². The minimum absolute atomic E-state index is 0.201. The highest BCUT2D eigenvalue weighted by Crippen LogP contribution is 2.25. The Kier molecular flexibility index (Phi) is 4.96. The molecule has 4 heteroatoms. The second-order valence-electron chi connectivity index (χ2n) is 4.36. The van der Waals surface area contributed by atoms with Crippen molar-refractivity contribution >= 4 is 11.8 Å². The van der Waals surface area contributed by atoms with Crippen LogP contribution in [0.25, 0.3) is 0 Å². The van der Waals surface area contributed by atoms with Crippen molar-refractivity contribution in [2.45, 2.75) is 17.9 Å². The number of halogens is 1. The molecule has 0 aliphatic carbocycles. The van der Waals surface area contributed by atoms with E-state index in [1.54, 1.807) is 23.9 Å². The summed E-state index contributed by atoms with van der Waals surface area (Å²) in [6.07, 6.45) is 0. The third-order valence-electron chi connectivity index (χ3n) is 2.92. The highest BCUT2D eigenvalue weighted by Gasteiger charge is 2.14. The largest absolute Gasteiger partial charge is 0.271 e. The molecule has 0 heterocycles. The van der Waals surface area contributed by atoms with Crippen LogP contribution < -0.4 is 11.3 Å². The molecule has 0 spiro atoms. The first-order valence-corrected chi connectivity index (χ1v) is 7.09. The van der Waals surface area contributed by atoms with Gasteiger partial charge < -0.3 is 0 Å². The van der Waals surface area contributed by atoms with Crippen LogP contribution in [0.5, 0.6) is 0 Å². The predicted octanol–water partition coefficient (Wildman–Crippen LogP) is 3.43. The molecule has 0 bridgehead atoms. The molecule has 2 aromatic carbocycles. The van der Waals surface area contributed by atoms with Crippen LogP contribution >= 0.6 is 11.8 Å². The van der Waals surface area contributed by atoms with Gasteiger partial charge in [-0.15, -0.1) is 11.8 Å². The third kappa shape index (κ3) is 3.80. The second-order valence-corrected chi connectivity index (χ2v) is 5.46. The van der Waals surface area contributed by atoms with Crippen molar-refractivity contribution < 1.29 is 4.39 Å². The Morgan fingerprint density at radius 3 is 2.47 bits per heavy atom. The van der Waals surface area contributed by atoms with Crippen LogP contribution in [-0.2, 0) is 0 Å². The first kappa shape index (κ1) is 14.1. The number of thioether (sulfide) groups is 1. The van der Waals surface area contributed by atoms with Gasteiger partial charge in [-0.3, -0.25) is 11.3 Å². The molecule has 3 N–H and O–H groups in total. The zero-order valence-electron chi connectivity index (χ0n) is 10.8. The summed E-state index contributed by atoms with van der Waals surface area (Å²) in [5.41, 5.74) is 4.51. The maximum atomic E-state index is 13.7. The fourth-order valence-corrected chi connectivity index (χ4v) is 2.76. The van der Waals surface area contributed by atoms with Gasteiger partial charge in [0.25, 0.3) is 0 Å². The molecule has 2 aromatic rings. The summed E-state index contributed by atoms with van der Waals surface area (Å²) in [5, 5.41) is 0. The Bertz CT molecular complexity index is 528. The molecule has 0 aromatic heterocycles. The molecule has 1 unspecified atom stereocenters. The zero-order chi connectivity index (χ0) is 13.7. The van der Waals surface area contributed by atoms with E-state index in [9.17, 15) is 4.39 Å². The molecule has 1 atom stereocenters. The summed E-state index contributed by atoms with van der Waals surface area (Å²) in [6.45, 7) is 2.05. The Labute approximate surface area is 117 Å². The summed E-state index contributed by atoms with van der Waals surface area (Å²) in [4.78, 5) is 1.15. The van der Waals surface area contributed by atoms with Gasteiger partial charge in [0, 0.05) is 16.2 Å². The van der Waals surface area contributed by atoms with Crippen LogP contribution in [0.2, 0.25) is 0 Å². The lowest BCUT2D eigenvalue weighted by molar-refractivity contribution is 0.546. The SMILES string of the molecule is Cc1ccc(SCC(NN)c2ccccc2F)cc1. The van der Waals surface area contributed by atoms with E-state index in [4.69, 9.17) is 5.84 Å². The number of hydrogen-bond donors (Lipinski definition) is 2. The van der Waals surface area contributed by atoms with Crippen molar-refractivity contribution in [2.24, 2.45) is 5.84 Å². The van der Waals surface area contributed by atoms with Crippen LogP contribution in [0.1, 0.15) is 17.2 Å². The molecule has 100 valence electrons. The molecule has 0 amide bonds. The van der Waals surface area contributed by atoms with Crippen molar-refractivity contribution in [3.8, 4) is 0 Å². The van der Waals surface area contributed by atoms with Crippen molar-refractivity contribution in [1.29, 1.82) is 0 Å². The first-order valence-electron chi connectivity index (χ1n) is 6.10. The average molecular weight is 276 g/mol. The van der Waals surface area contributed by atoms with Crippen molar-refractivity contribution in [2.75, 3.05) is 5.75 Å². The van der Waals surface area contributed by atoms with E-state index in [2.05, 4.69) is 36.6 Å². The van der Waals surface area contributed by atoms with E-state index in [-0.39, 0.29) is 11.9 Å². The lowest BCUT2D eigenvalue weighted by Gasteiger charge is -2.16. The quantitative estimate of drug-likeness (QED) is 0.499. The lowest BCUT2D eigenvalue weighted by atomic mass is 10.1. The predicted molar refractivity (Wildman–Crippen MR) is 78.4 cm³/mol. The van der Waals surface area contributed by atoms with Crippen LogP contribution in [-0.4, -0.2) is 5.75 Å².